The number of aliphatic hydroxyl groups is 1. The molecule has 1 aliphatic heterocycles. The van der Waals surface area contributed by atoms with Crippen molar-refractivity contribution >= 4 is 22.8 Å². The van der Waals surface area contributed by atoms with E-state index in [1.54, 1.807) is 0 Å². The van der Waals surface area contributed by atoms with Gasteiger partial charge in [0.2, 0.25) is 5.91 Å². The smallest absolute Gasteiger partial charge is 0.224 e. The van der Waals surface area contributed by atoms with E-state index in [0.717, 1.165) is 41.8 Å². The molecule has 0 radical (unpaired) electrons. The minimum Gasteiger partial charge on any atom is -0.394 e. The van der Waals surface area contributed by atoms with Crippen LogP contribution in [0.3, 0.4) is 0 Å². The third-order valence-electron chi connectivity index (χ3n) is 6.61. The number of aliphatic hydroxyl groups excluding tert-OH is 1. The maximum absolute atomic E-state index is 14.2. The van der Waals surface area contributed by atoms with Gasteiger partial charge in [0.15, 0.2) is 0 Å². The molecule has 7 nitrogen and oxygen atoms in total. The summed E-state index contributed by atoms with van der Waals surface area (Å²) in [5, 5.41) is 13.5. The molecule has 2 aromatic heterocycles. The lowest BCUT2D eigenvalue weighted by atomic mass is 9.81. The predicted octanol–water partition coefficient (Wildman–Crippen LogP) is 2.69. The Morgan fingerprint density at radius 1 is 1.32 bits per heavy atom. The Hall–Kier alpha value is -3.07. The Morgan fingerprint density at radius 2 is 2.16 bits per heavy atom. The highest BCUT2D eigenvalue weighted by molar-refractivity contribution is 5.88. The fourth-order valence-corrected chi connectivity index (χ4v) is 4.81. The van der Waals surface area contributed by atoms with Gasteiger partial charge in [0.25, 0.3) is 0 Å². The van der Waals surface area contributed by atoms with Crippen LogP contribution in [-0.2, 0) is 4.79 Å². The standard InChI is InChI=1S/C22H23F2N5O2/c23-13-1-2-14(17(24)9-13)18(10-30)28-21(31)16-4-8-29(11-22(16)5-6-22)20-15-3-7-25-19(15)26-12-27-20/h1-3,7,9,12,16,18,30H,4-6,8,10-11H2,(H,28,31)(H,25,26,27)/t16-,18+/m1/s1. The second-order valence-electron chi connectivity index (χ2n) is 8.47. The quantitative estimate of drug-likeness (QED) is 0.582. The first-order valence-corrected chi connectivity index (χ1v) is 10.4. The van der Waals surface area contributed by atoms with Gasteiger partial charge in [0.1, 0.15) is 29.4 Å². The topological polar surface area (TPSA) is 94.1 Å². The number of piperidine rings is 1. The van der Waals surface area contributed by atoms with Gasteiger partial charge in [-0.25, -0.2) is 18.7 Å². The predicted molar refractivity (Wildman–Crippen MR) is 110 cm³/mol. The second-order valence-corrected chi connectivity index (χ2v) is 8.47. The van der Waals surface area contributed by atoms with Gasteiger partial charge in [0, 0.05) is 36.8 Å². The van der Waals surface area contributed by atoms with Crippen LogP contribution >= 0.6 is 0 Å². The lowest BCUT2D eigenvalue weighted by Crippen LogP contribution is -2.49. The highest BCUT2D eigenvalue weighted by Crippen LogP contribution is 2.56. The Morgan fingerprint density at radius 3 is 2.90 bits per heavy atom. The summed E-state index contributed by atoms with van der Waals surface area (Å²) < 4.78 is 27.4. The van der Waals surface area contributed by atoms with Crippen LogP contribution in [-0.4, -0.2) is 45.7 Å². The molecule has 1 saturated heterocycles. The van der Waals surface area contributed by atoms with E-state index in [9.17, 15) is 18.7 Å². The maximum atomic E-state index is 14.2. The van der Waals surface area contributed by atoms with E-state index in [1.165, 1.54) is 12.4 Å². The van der Waals surface area contributed by atoms with Crippen molar-refractivity contribution in [3.63, 3.8) is 0 Å². The average molecular weight is 427 g/mol. The summed E-state index contributed by atoms with van der Waals surface area (Å²) in [7, 11) is 0. The highest BCUT2D eigenvalue weighted by Gasteiger charge is 2.55. The van der Waals surface area contributed by atoms with E-state index in [2.05, 4.69) is 25.2 Å². The van der Waals surface area contributed by atoms with Gasteiger partial charge in [-0.1, -0.05) is 6.07 Å². The fourth-order valence-electron chi connectivity index (χ4n) is 4.81. The zero-order chi connectivity index (χ0) is 21.6. The summed E-state index contributed by atoms with van der Waals surface area (Å²) >= 11 is 0. The monoisotopic (exact) mass is 427 g/mol. The minimum atomic E-state index is -0.914. The van der Waals surface area contributed by atoms with Crippen molar-refractivity contribution in [3.8, 4) is 0 Å². The van der Waals surface area contributed by atoms with E-state index in [4.69, 9.17) is 0 Å². The fraction of sp³-hybridized carbons (Fsp3) is 0.409. The van der Waals surface area contributed by atoms with E-state index < -0.39 is 24.3 Å². The number of hydrogen-bond donors (Lipinski definition) is 3. The van der Waals surface area contributed by atoms with Gasteiger partial charge in [-0.3, -0.25) is 4.79 Å². The van der Waals surface area contributed by atoms with Crippen LogP contribution in [0.5, 0.6) is 0 Å². The number of nitrogens with one attached hydrogen (secondary N) is 2. The Labute approximate surface area is 177 Å². The molecule has 3 aromatic rings. The van der Waals surface area contributed by atoms with Crippen molar-refractivity contribution in [1.82, 2.24) is 20.3 Å². The molecule has 1 saturated carbocycles. The van der Waals surface area contributed by atoms with E-state index >= 15 is 0 Å². The maximum Gasteiger partial charge on any atom is 0.224 e. The molecular formula is C22H23F2N5O2. The number of rotatable bonds is 5. The number of anilines is 1. The molecular weight excluding hydrogens is 404 g/mol. The van der Waals surface area contributed by atoms with E-state index in [1.807, 2.05) is 12.3 Å². The molecule has 5 rings (SSSR count). The van der Waals surface area contributed by atoms with Crippen molar-refractivity contribution in [2.45, 2.75) is 25.3 Å². The van der Waals surface area contributed by atoms with Crippen molar-refractivity contribution in [3.05, 3.63) is 54.0 Å². The summed E-state index contributed by atoms with van der Waals surface area (Å²) in [6.07, 6.45) is 5.86. The van der Waals surface area contributed by atoms with Crippen molar-refractivity contribution < 1.29 is 18.7 Å². The molecule has 9 heteroatoms. The first kappa shape index (κ1) is 19.9. The summed E-state index contributed by atoms with van der Waals surface area (Å²) in [4.78, 5) is 27.1. The van der Waals surface area contributed by atoms with E-state index in [-0.39, 0.29) is 22.8 Å². The number of fused-ring (bicyclic) bond motifs is 1. The van der Waals surface area contributed by atoms with Gasteiger partial charge in [-0.05, 0) is 36.8 Å². The third kappa shape index (κ3) is 3.52. The largest absolute Gasteiger partial charge is 0.394 e. The molecule has 1 amide bonds. The van der Waals surface area contributed by atoms with Crippen LogP contribution in [0.4, 0.5) is 14.6 Å². The number of carbonyl (C=O) groups is 1. The third-order valence-corrected chi connectivity index (χ3v) is 6.61. The number of amides is 1. The molecule has 0 unspecified atom stereocenters. The Bertz CT molecular complexity index is 1130. The van der Waals surface area contributed by atoms with Crippen LogP contribution in [0, 0.1) is 23.0 Å². The summed E-state index contributed by atoms with van der Waals surface area (Å²) in [6.45, 7) is 0.898. The van der Waals surface area contributed by atoms with Crippen LogP contribution in [0.1, 0.15) is 30.9 Å². The molecule has 3 N–H and O–H groups in total. The molecule has 2 atom stereocenters. The zero-order valence-electron chi connectivity index (χ0n) is 16.8. The number of H-pyrrole nitrogens is 1. The minimum absolute atomic E-state index is 0.0790. The van der Waals surface area contributed by atoms with Crippen molar-refractivity contribution in [1.29, 1.82) is 0 Å². The van der Waals surface area contributed by atoms with E-state index in [0.29, 0.717) is 19.5 Å². The molecule has 1 aromatic carbocycles. The summed E-state index contributed by atoms with van der Waals surface area (Å²) in [6, 6.07) is 4.18. The van der Waals surface area contributed by atoms with Crippen molar-refractivity contribution in [2.75, 3.05) is 24.6 Å². The summed E-state index contributed by atoms with van der Waals surface area (Å²) in [5.41, 5.74) is 0.703. The normalized spacial score (nSPS) is 20.7. The molecule has 162 valence electrons. The van der Waals surface area contributed by atoms with Gasteiger partial charge in [0.05, 0.1) is 18.0 Å². The second kappa shape index (κ2) is 7.56. The number of nitrogens with zero attached hydrogens (tertiary/aromatic N) is 3. The number of aromatic nitrogens is 3. The first-order valence-electron chi connectivity index (χ1n) is 10.4. The Balaban J connectivity index is 1.33. The number of carbonyl (C=O) groups excluding carboxylic acids is 1. The molecule has 1 spiro atoms. The van der Waals surface area contributed by atoms with Crippen molar-refractivity contribution in [2.24, 2.45) is 11.3 Å². The summed E-state index contributed by atoms with van der Waals surface area (Å²) in [5.74, 6) is -1.05. The number of aromatic amines is 1. The van der Waals surface area contributed by atoms with Crippen LogP contribution in [0.15, 0.2) is 36.8 Å². The van der Waals surface area contributed by atoms with Crippen LogP contribution < -0.4 is 10.2 Å². The highest BCUT2D eigenvalue weighted by atomic mass is 19.1. The SMILES string of the molecule is O=C(N[C@@H](CO)c1ccc(F)cc1F)[C@H]1CCN(c2ncnc3[nH]ccc23)CC12CC2. The lowest BCUT2D eigenvalue weighted by molar-refractivity contribution is -0.129. The van der Waals surface area contributed by atoms with Gasteiger partial charge in [-0.15, -0.1) is 0 Å². The number of hydrogen-bond acceptors (Lipinski definition) is 5. The number of halogens is 2. The van der Waals surface area contributed by atoms with Crippen LogP contribution in [0.25, 0.3) is 11.0 Å². The molecule has 2 fully saturated rings. The van der Waals surface area contributed by atoms with Crippen LogP contribution in [0.2, 0.25) is 0 Å². The molecule has 1 aliphatic carbocycles. The molecule has 3 heterocycles. The molecule has 0 bridgehead atoms. The molecule has 2 aliphatic rings. The van der Waals surface area contributed by atoms with Gasteiger partial charge < -0.3 is 20.3 Å². The van der Waals surface area contributed by atoms with Gasteiger partial charge >= 0.3 is 0 Å². The Kier molecular flexibility index (Phi) is 4.85. The zero-order valence-corrected chi connectivity index (χ0v) is 16.8. The molecule has 31 heavy (non-hydrogen) atoms. The average Bonchev–Trinajstić information content (AvgIpc) is 3.33. The lowest BCUT2D eigenvalue weighted by Gasteiger charge is -2.39. The first-order chi connectivity index (χ1) is 15.0. The number of benzene rings is 1. The van der Waals surface area contributed by atoms with Gasteiger partial charge in [-0.2, -0.15) is 0 Å².